The van der Waals surface area contributed by atoms with Gasteiger partial charge in [-0.2, -0.15) is 0 Å². The second kappa shape index (κ2) is 11.4. The van der Waals surface area contributed by atoms with Crippen LogP contribution in [-0.2, 0) is 19.0 Å². The Balaban J connectivity index is 1.35. The fraction of sp³-hybridized carbons (Fsp3) is 0.407. The molecule has 0 spiro atoms. The molecule has 0 aliphatic carbocycles. The quantitative estimate of drug-likeness (QED) is 0.364. The molecular weight excluding hydrogens is 491 g/mol. The lowest BCUT2D eigenvalue weighted by molar-refractivity contribution is -0.231. The number of rotatable bonds is 9. The van der Waals surface area contributed by atoms with Crippen LogP contribution < -0.4 is 10.6 Å². The first kappa shape index (κ1) is 26.0. The van der Waals surface area contributed by atoms with E-state index in [-0.39, 0.29) is 31.0 Å². The van der Waals surface area contributed by atoms with Gasteiger partial charge in [0.15, 0.2) is 5.82 Å². The van der Waals surface area contributed by atoms with Gasteiger partial charge >= 0.3 is 0 Å². The molecule has 1 aromatic carbocycles. The number of nitrogens with one attached hydrogen (secondary N) is 3. The minimum Gasteiger partial charge on any atom is -0.376 e. The second-order valence-electron chi connectivity index (χ2n) is 9.65. The van der Waals surface area contributed by atoms with E-state index < -0.39 is 11.7 Å². The van der Waals surface area contributed by atoms with E-state index in [4.69, 9.17) is 19.2 Å². The molecule has 2 aliphatic heterocycles. The highest BCUT2D eigenvalue weighted by Gasteiger charge is 2.41. The van der Waals surface area contributed by atoms with Crippen LogP contribution in [0.2, 0.25) is 0 Å². The minimum atomic E-state index is -0.845. The Hall–Kier alpha value is -3.67. The number of imidazole rings is 1. The molecule has 1 atom stereocenters. The summed E-state index contributed by atoms with van der Waals surface area (Å²) >= 11 is 0. The fourth-order valence-electron chi connectivity index (χ4n) is 4.37. The van der Waals surface area contributed by atoms with Crippen molar-refractivity contribution in [3.8, 4) is 22.6 Å². The smallest absolute Gasteiger partial charge is 0.230 e. The van der Waals surface area contributed by atoms with Crippen molar-refractivity contribution in [3.05, 3.63) is 60.8 Å². The molecule has 3 aromatic rings. The summed E-state index contributed by atoms with van der Waals surface area (Å²) in [5.74, 6) is 0.359. The van der Waals surface area contributed by atoms with Crippen LogP contribution in [0.3, 0.4) is 0 Å². The van der Waals surface area contributed by atoms with Gasteiger partial charge < -0.3 is 29.8 Å². The molecule has 2 aromatic heterocycles. The van der Waals surface area contributed by atoms with E-state index in [2.05, 4.69) is 32.2 Å². The minimum absolute atomic E-state index is 0.0569. The third-order valence-corrected chi connectivity index (χ3v) is 6.55. The summed E-state index contributed by atoms with van der Waals surface area (Å²) in [6.07, 6.45) is 4.54. The van der Waals surface area contributed by atoms with Crippen LogP contribution in [0.15, 0.2) is 49.2 Å². The number of H-pyrrole nitrogens is 1. The summed E-state index contributed by atoms with van der Waals surface area (Å²) in [4.78, 5) is 29.7. The number of carbonyl (C=O) groups excluding carboxylic acids is 1. The van der Waals surface area contributed by atoms with Crippen molar-refractivity contribution in [2.75, 3.05) is 38.2 Å². The predicted octanol–water partition coefficient (Wildman–Crippen LogP) is 3.62. The van der Waals surface area contributed by atoms with Gasteiger partial charge in [-0.3, -0.25) is 4.79 Å². The molecule has 200 valence electrons. The Morgan fingerprint density at radius 1 is 1.21 bits per heavy atom. The molecule has 2 fully saturated rings. The highest BCUT2D eigenvalue weighted by Crippen LogP contribution is 2.35. The van der Waals surface area contributed by atoms with E-state index in [1.165, 1.54) is 12.1 Å². The maximum Gasteiger partial charge on any atom is 0.230 e. The van der Waals surface area contributed by atoms with Crippen LogP contribution in [0.1, 0.15) is 31.9 Å². The Morgan fingerprint density at radius 3 is 2.71 bits per heavy atom. The predicted molar refractivity (Wildman–Crippen MR) is 138 cm³/mol. The van der Waals surface area contributed by atoms with Gasteiger partial charge in [0.25, 0.3) is 0 Å². The lowest BCUT2D eigenvalue weighted by Gasteiger charge is -2.35. The number of hydrogen-bond donors (Lipinski definition) is 3. The van der Waals surface area contributed by atoms with Crippen LogP contribution in [0, 0.1) is 11.2 Å². The van der Waals surface area contributed by atoms with E-state index in [1.54, 1.807) is 30.5 Å². The third-order valence-electron chi connectivity index (χ3n) is 6.55. The van der Waals surface area contributed by atoms with Crippen LogP contribution in [0.4, 0.5) is 10.3 Å². The highest BCUT2D eigenvalue weighted by molar-refractivity contribution is 5.82. The summed E-state index contributed by atoms with van der Waals surface area (Å²) in [5.41, 5.74) is 1.59. The van der Waals surface area contributed by atoms with Gasteiger partial charge in [0, 0.05) is 31.5 Å². The van der Waals surface area contributed by atoms with E-state index in [1.807, 2.05) is 6.92 Å². The number of anilines is 1. The Kier molecular flexibility index (Phi) is 7.77. The topological polar surface area (TPSA) is 123 Å². The summed E-state index contributed by atoms with van der Waals surface area (Å²) < 4.78 is 31.2. The van der Waals surface area contributed by atoms with Gasteiger partial charge in [0.2, 0.25) is 18.1 Å². The largest absolute Gasteiger partial charge is 0.376 e. The number of halogens is 1. The van der Waals surface area contributed by atoms with Crippen molar-refractivity contribution < 1.29 is 23.4 Å². The lowest BCUT2D eigenvalue weighted by Crippen LogP contribution is -2.49. The van der Waals surface area contributed by atoms with Gasteiger partial charge in [-0.25, -0.2) is 19.3 Å². The van der Waals surface area contributed by atoms with Crippen molar-refractivity contribution in [2.24, 2.45) is 5.41 Å². The van der Waals surface area contributed by atoms with Crippen LogP contribution in [-0.4, -0.2) is 64.9 Å². The van der Waals surface area contributed by atoms with E-state index in [0.29, 0.717) is 47.5 Å². The first-order valence-electron chi connectivity index (χ1n) is 12.6. The SMILES string of the molecule is C=CCNc1nccc(-c2[nH]c(C3OCC(C)(C(=O)NCC4CCCO4)CO3)nc2-c2ccc(F)cc2)n1. The number of carbonyl (C=O) groups is 1. The van der Waals surface area contributed by atoms with Crippen molar-refractivity contribution >= 4 is 11.9 Å². The summed E-state index contributed by atoms with van der Waals surface area (Å²) in [6.45, 7) is 7.53. The molecule has 1 amide bonds. The highest BCUT2D eigenvalue weighted by atomic mass is 19.1. The molecule has 2 saturated heterocycles. The summed E-state index contributed by atoms with van der Waals surface area (Å²) in [5, 5.41) is 6.04. The maximum atomic E-state index is 13.6. The van der Waals surface area contributed by atoms with Crippen LogP contribution in [0.25, 0.3) is 22.6 Å². The standard InChI is InChI=1S/C27H31FN6O4/c1-3-11-29-26-30-12-10-20(32-26)22-21(17-6-8-18(28)9-7-17)33-23(34-22)24-37-15-27(2,16-38-24)25(35)31-14-19-5-4-13-36-19/h3,6-10,12,19,24H,1,4-5,11,13-16H2,2H3,(H,31,35)(H,33,34)(H,29,30,32). The number of hydrogen-bond acceptors (Lipinski definition) is 8. The Morgan fingerprint density at radius 2 is 2.00 bits per heavy atom. The number of benzene rings is 1. The van der Waals surface area contributed by atoms with E-state index in [0.717, 1.165) is 19.4 Å². The molecule has 2 aliphatic rings. The molecule has 1 unspecified atom stereocenters. The maximum absolute atomic E-state index is 13.6. The number of amides is 1. The zero-order valence-electron chi connectivity index (χ0n) is 21.2. The Bertz CT molecular complexity index is 1270. The van der Waals surface area contributed by atoms with E-state index >= 15 is 0 Å². The molecule has 0 radical (unpaired) electrons. The molecule has 0 saturated carbocycles. The normalized spacial score (nSPS) is 23.2. The first-order valence-corrected chi connectivity index (χ1v) is 12.6. The number of nitrogens with zero attached hydrogens (tertiary/aromatic N) is 3. The molecule has 38 heavy (non-hydrogen) atoms. The molecule has 5 rings (SSSR count). The zero-order valence-corrected chi connectivity index (χ0v) is 21.2. The van der Waals surface area contributed by atoms with Crippen molar-refractivity contribution in [1.82, 2.24) is 25.3 Å². The van der Waals surface area contributed by atoms with Gasteiger partial charge in [0.05, 0.1) is 41.8 Å². The van der Waals surface area contributed by atoms with Crippen molar-refractivity contribution in [3.63, 3.8) is 0 Å². The average molecular weight is 523 g/mol. The number of aromatic nitrogens is 4. The molecule has 3 N–H and O–H groups in total. The molecule has 11 heteroatoms. The molecule has 4 heterocycles. The molecular formula is C27H31FN6O4. The molecule has 10 nitrogen and oxygen atoms in total. The third kappa shape index (κ3) is 5.74. The lowest BCUT2D eigenvalue weighted by atomic mass is 9.91. The van der Waals surface area contributed by atoms with Gasteiger partial charge in [-0.1, -0.05) is 6.08 Å². The van der Waals surface area contributed by atoms with Gasteiger partial charge in [-0.05, 0) is 50.1 Å². The van der Waals surface area contributed by atoms with Gasteiger partial charge in [0.1, 0.15) is 5.82 Å². The summed E-state index contributed by atoms with van der Waals surface area (Å²) in [6, 6.07) is 7.79. The molecule has 0 bridgehead atoms. The number of aromatic amines is 1. The zero-order chi connectivity index (χ0) is 26.5. The van der Waals surface area contributed by atoms with Crippen molar-refractivity contribution in [2.45, 2.75) is 32.2 Å². The second-order valence-corrected chi connectivity index (χ2v) is 9.65. The van der Waals surface area contributed by atoms with Crippen LogP contribution >= 0.6 is 0 Å². The average Bonchev–Trinajstić information content (AvgIpc) is 3.62. The fourth-order valence-corrected chi connectivity index (χ4v) is 4.37. The van der Waals surface area contributed by atoms with Gasteiger partial charge in [-0.15, -0.1) is 6.58 Å². The number of ether oxygens (including phenoxy) is 3. The monoisotopic (exact) mass is 522 g/mol. The Labute approximate surface area is 220 Å². The first-order chi connectivity index (χ1) is 18.4. The summed E-state index contributed by atoms with van der Waals surface area (Å²) in [7, 11) is 0. The van der Waals surface area contributed by atoms with E-state index in [9.17, 15) is 9.18 Å². The van der Waals surface area contributed by atoms with Crippen LogP contribution in [0.5, 0.6) is 0 Å². The van der Waals surface area contributed by atoms with Crippen molar-refractivity contribution in [1.29, 1.82) is 0 Å².